The zero-order valence-corrected chi connectivity index (χ0v) is 15.4. The van der Waals surface area contributed by atoms with E-state index < -0.39 is 0 Å². The molecular weight excluding hydrogens is 336 g/mol. The van der Waals surface area contributed by atoms with Crippen LogP contribution in [0.25, 0.3) is 10.2 Å². The van der Waals surface area contributed by atoms with Crippen LogP contribution in [0.15, 0.2) is 36.4 Å². The van der Waals surface area contributed by atoms with E-state index in [9.17, 15) is 4.79 Å². The Bertz CT molecular complexity index is 918. The topological polar surface area (TPSA) is 60.5 Å². The van der Waals surface area contributed by atoms with Gasteiger partial charge in [-0.2, -0.15) is 0 Å². The van der Waals surface area contributed by atoms with Gasteiger partial charge in [-0.25, -0.2) is 4.98 Å². The number of rotatable bonds is 5. The number of benzene rings is 2. The molecule has 1 amide bonds. The largest absolute Gasteiger partial charge is 0.497 e. The van der Waals surface area contributed by atoms with Gasteiger partial charge < -0.3 is 9.47 Å². The fraction of sp³-hybridized carbons (Fsp3) is 0.263. The molecule has 0 bridgehead atoms. The van der Waals surface area contributed by atoms with Crippen molar-refractivity contribution in [2.24, 2.45) is 0 Å². The van der Waals surface area contributed by atoms with Gasteiger partial charge in [-0.15, -0.1) is 0 Å². The second-order valence-corrected chi connectivity index (χ2v) is 6.92. The van der Waals surface area contributed by atoms with Crippen molar-refractivity contribution in [1.29, 1.82) is 0 Å². The first-order chi connectivity index (χ1) is 12.0. The highest BCUT2D eigenvalue weighted by Gasteiger charge is 2.17. The number of nitrogens with one attached hydrogen (secondary N) is 1. The fourth-order valence-electron chi connectivity index (χ4n) is 2.65. The van der Waals surface area contributed by atoms with Crippen LogP contribution in [-0.4, -0.2) is 25.1 Å². The van der Waals surface area contributed by atoms with Crippen molar-refractivity contribution < 1.29 is 14.3 Å². The maximum atomic E-state index is 12.7. The third-order valence-corrected chi connectivity index (χ3v) is 4.88. The van der Waals surface area contributed by atoms with Gasteiger partial charge in [0.2, 0.25) is 0 Å². The predicted molar refractivity (Wildman–Crippen MR) is 101 cm³/mol. The number of thiazole rings is 1. The summed E-state index contributed by atoms with van der Waals surface area (Å²) in [6.45, 7) is 4.26. The lowest BCUT2D eigenvalue weighted by Gasteiger charge is -2.09. The van der Waals surface area contributed by atoms with Crippen molar-refractivity contribution in [2.45, 2.75) is 19.8 Å². The lowest BCUT2D eigenvalue weighted by molar-refractivity contribution is 0.102. The molecule has 0 radical (unpaired) electrons. The van der Waals surface area contributed by atoms with Crippen LogP contribution >= 0.6 is 11.3 Å². The van der Waals surface area contributed by atoms with Crippen molar-refractivity contribution in [2.75, 3.05) is 19.5 Å². The smallest absolute Gasteiger partial charge is 0.261 e. The Morgan fingerprint density at radius 1 is 1.16 bits per heavy atom. The molecule has 3 rings (SSSR count). The molecule has 0 aliphatic heterocycles. The summed E-state index contributed by atoms with van der Waals surface area (Å²) in [7, 11) is 3.09. The summed E-state index contributed by atoms with van der Waals surface area (Å²) in [6, 6.07) is 11.2. The van der Waals surface area contributed by atoms with Gasteiger partial charge in [-0.3, -0.25) is 10.1 Å². The molecule has 3 aromatic rings. The number of nitrogens with zero attached hydrogens (tertiary/aromatic N) is 1. The molecule has 0 spiro atoms. The van der Waals surface area contributed by atoms with Gasteiger partial charge in [0.15, 0.2) is 5.13 Å². The van der Waals surface area contributed by atoms with Crippen LogP contribution in [0.2, 0.25) is 0 Å². The highest BCUT2D eigenvalue weighted by molar-refractivity contribution is 7.22. The maximum Gasteiger partial charge on any atom is 0.261 e. The quantitative estimate of drug-likeness (QED) is 0.720. The summed E-state index contributed by atoms with van der Waals surface area (Å²) in [5.41, 5.74) is 2.52. The minimum absolute atomic E-state index is 0.277. The normalized spacial score (nSPS) is 10.9. The first-order valence-corrected chi connectivity index (χ1v) is 8.78. The van der Waals surface area contributed by atoms with E-state index >= 15 is 0 Å². The molecule has 130 valence electrons. The number of carbonyl (C=O) groups is 1. The first-order valence-electron chi connectivity index (χ1n) is 7.96. The Balaban J connectivity index is 1.94. The number of methoxy groups -OCH3 is 2. The zero-order chi connectivity index (χ0) is 18.0. The Kier molecular flexibility index (Phi) is 4.90. The lowest BCUT2D eigenvalue weighted by Crippen LogP contribution is -2.13. The van der Waals surface area contributed by atoms with Crippen LogP contribution < -0.4 is 14.8 Å². The molecule has 0 atom stereocenters. The van der Waals surface area contributed by atoms with Gasteiger partial charge >= 0.3 is 0 Å². The van der Waals surface area contributed by atoms with Gasteiger partial charge in [0, 0.05) is 0 Å². The second-order valence-electron chi connectivity index (χ2n) is 5.89. The summed E-state index contributed by atoms with van der Waals surface area (Å²) in [5.74, 6) is 1.17. The van der Waals surface area contributed by atoms with Gasteiger partial charge in [-0.05, 0) is 35.7 Å². The molecule has 1 aromatic heterocycles. The van der Waals surface area contributed by atoms with Crippen LogP contribution in [0.3, 0.4) is 0 Å². The van der Waals surface area contributed by atoms with Gasteiger partial charge in [-0.1, -0.05) is 37.3 Å². The van der Waals surface area contributed by atoms with E-state index in [0.717, 1.165) is 10.2 Å². The van der Waals surface area contributed by atoms with E-state index in [0.29, 0.717) is 28.1 Å². The first kappa shape index (κ1) is 17.2. The molecule has 0 fully saturated rings. The molecule has 5 nitrogen and oxygen atoms in total. The van der Waals surface area contributed by atoms with Crippen LogP contribution in [0.4, 0.5) is 5.13 Å². The Hall–Kier alpha value is -2.60. The number of carbonyl (C=O) groups excluding carboxylic acids is 1. The molecule has 0 unspecified atom stereocenters. The molecule has 6 heteroatoms. The summed E-state index contributed by atoms with van der Waals surface area (Å²) in [6.07, 6.45) is 0. The average Bonchev–Trinajstić information content (AvgIpc) is 3.02. The third-order valence-electron chi connectivity index (χ3n) is 3.94. The summed E-state index contributed by atoms with van der Waals surface area (Å²) >= 11 is 1.46. The van der Waals surface area contributed by atoms with Gasteiger partial charge in [0.1, 0.15) is 11.5 Å². The monoisotopic (exact) mass is 356 g/mol. The Labute approximate surface area is 150 Å². The number of para-hydroxylation sites is 1. The van der Waals surface area contributed by atoms with Crippen molar-refractivity contribution in [3.8, 4) is 11.5 Å². The number of fused-ring (bicyclic) bond motifs is 1. The molecule has 0 saturated heterocycles. The standard InChI is InChI=1S/C19H20N2O3S/c1-11(2)13-6-5-7-16-17(13)20-19(25-16)21-18(22)14-10-12(23-3)8-9-15(14)24-4/h5-11H,1-4H3,(H,20,21,22). The molecule has 0 aliphatic rings. The minimum Gasteiger partial charge on any atom is -0.497 e. The molecule has 1 N–H and O–H groups in total. The molecule has 0 aliphatic carbocycles. The molecular formula is C19H20N2O3S. The molecule has 25 heavy (non-hydrogen) atoms. The van der Waals surface area contributed by atoms with E-state index in [2.05, 4.69) is 30.2 Å². The summed E-state index contributed by atoms with van der Waals surface area (Å²) in [4.78, 5) is 17.3. The van der Waals surface area contributed by atoms with Crippen molar-refractivity contribution in [1.82, 2.24) is 4.98 Å². The highest BCUT2D eigenvalue weighted by Crippen LogP contribution is 2.32. The zero-order valence-electron chi connectivity index (χ0n) is 14.6. The number of ether oxygens (including phenoxy) is 2. The highest BCUT2D eigenvalue weighted by atomic mass is 32.1. The van der Waals surface area contributed by atoms with E-state index in [1.54, 1.807) is 25.3 Å². The SMILES string of the molecule is COc1ccc(OC)c(C(=O)Nc2nc3c(C(C)C)cccc3s2)c1. The minimum atomic E-state index is -0.277. The number of amides is 1. The lowest BCUT2D eigenvalue weighted by atomic mass is 10.0. The van der Waals surface area contributed by atoms with Crippen molar-refractivity contribution in [3.63, 3.8) is 0 Å². The second kappa shape index (κ2) is 7.11. The van der Waals surface area contributed by atoms with Crippen LogP contribution in [-0.2, 0) is 0 Å². The van der Waals surface area contributed by atoms with E-state index in [1.165, 1.54) is 24.0 Å². The van der Waals surface area contributed by atoms with Crippen molar-refractivity contribution >= 4 is 32.6 Å². The maximum absolute atomic E-state index is 12.7. The van der Waals surface area contributed by atoms with E-state index in [1.807, 2.05) is 12.1 Å². The van der Waals surface area contributed by atoms with Crippen LogP contribution in [0.5, 0.6) is 11.5 Å². The van der Waals surface area contributed by atoms with Crippen molar-refractivity contribution in [3.05, 3.63) is 47.5 Å². The van der Waals surface area contributed by atoms with Gasteiger partial charge in [0.25, 0.3) is 5.91 Å². The molecule has 2 aromatic carbocycles. The van der Waals surface area contributed by atoms with Crippen LogP contribution in [0.1, 0.15) is 35.7 Å². The number of aromatic nitrogens is 1. The van der Waals surface area contributed by atoms with E-state index in [-0.39, 0.29) is 5.91 Å². The third kappa shape index (κ3) is 3.44. The van der Waals surface area contributed by atoms with Gasteiger partial charge in [0.05, 0.1) is 30.0 Å². The fourth-order valence-corrected chi connectivity index (χ4v) is 3.54. The summed E-state index contributed by atoms with van der Waals surface area (Å²) in [5, 5.41) is 3.44. The molecule has 0 saturated carbocycles. The predicted octanol–water partition coefficient (Wildman–Crippen LogP) is 4.69. The number of hydrogen-bond acceptors (Lipinski definition) is 5. The average molecular weight is 356 g/mol. The molecule has 1 heterocycles. The Morgan fingerprint density at radius 3 is 2.64 bits per heavy atom. The number of hydrogen-bond donors (Lipinski definition) is 1. The van der Waals surface area contributed by atoms with Crippen LogP contribution in [0, 0.1) is 0 Å². The van der Waals surface area contributed by atoms with E-state index in [4.69, 9.17) is 9.47 Å². The number of anilines is 1. The Morgan fingerprint density at radius 2 is 1.96 bits per heavy atom. The summed E-state index contributed by atoms with van der Waals surface area (Å²) < 4.78 is 11.5.